The zero-order valence-corrected chi connectivity index (χ0v) is 16.6. The summed E-state index contributed by atoms with van der Waals surface area (Å²) in [5.41, 5.74) is -0.0172. The molecule has 0 radical (unpaired) electrons. The SMILES string of the molecule is CCCNC(=O)NC(=O)COC(=O)c1cccc(S(=O)(=O)N(C)C(C)C)c1. The van der Waals surface area contributed by atoms with E-state index in [0.717, 1.165) is 0 Å². The number of amides is 3. The van der Waals surface area contributed by atoms with Crippen LogP contribution in [0, 0.1) is 0 Å². The normalized spacial score (nSPS) is 11.3. The van der Waals surface area contributed by atoms with E-state index in [1.165, 1.54) is 35.6 Å². The van der Waals surface area contributed by atoms with Crippen LogP contribution in [0.1, 0.15) is 37.6 Å². The number of hydrogen-bond donors (Lipinski definition) is 2. The highest BCUT2D eigenvalue weighted by atomic mass is 32.2. The van der Waals surface area contributed by atoms with Gasteiger partial charge in [-0.3, -0.25) is 10.1 Å². The minimum absolute atomic E-state index is 0.0172. The Labute approximate surface area is 159 Å². The van der Waals surface area contributed by atoms with Crippen LogP contribution in [0.5, 0.6) is 0 Å². The average Bonchev–Trinajstić information content (AvgIpc) is 2.63. The van der Waals surface area contributed by atoms with Gasteiger partial charge in [-0.2, -0.15) is 4.31 Å². The number of hydrogen-bond acceptors (Lipinski definition) is 6. The number of sulfonamides is 1. The molecule has 0 spiro atoms. The third kappa shape index (κ3) is 6.65. The van der Waals surface area contributed by atoms with Crippen molar-refractivity contribution in [2.24, 2.45) is 0 Å². The maximum atomic E-state index is 12.5. The van der Waals surface area contributed by atoms with Crippen molar-refractivity contribution in [2.45, 2.75) is 38.1 Å². The van der Waals surface area contributed by atoms with Gasteiger partial charge in [0.2, 0.25) is 10.0 Å². The summed E-state index contributed by atoms with van der Waals surface area (Å²) in [6.45, 7) is 5.05. The lowest BCUT2D eigenvalue weighted by Gasteiger charge is -2.21. The molecule has 0 aliphatic rings. The molecule has 2 N–H and O–H groups in total. The molecular formula is C17H25N3O6S. The van der Waals surface area contributed by atoms with Gasteiger partial charge < -0.3 is 10.1 Å². The monoisotopic (exact) mass is 399 g/mol. The minimum Gasteiger partial charge on any atom is -0.452 e. The molecule has 0 atom stereocenters. The topological polar surface area (TPSA) is 122 Å². The standard InChI is InChI=1S/C17H25N3O6S/c1-5-9-18-17(23)19-15(21)11-26-16(22)13-7-6-8-14(10-13)27(24,25)20(4)12(2)3/h6-8,10,12H,5,9,11H2,1-4H3,(H2,18,19,21,23). The molecule has 0 aliphatic carbocycles. The first-order chi connectivity index (χ1) is 12.6. The van der Waals surface area contributed by atoms with Crippen LogP contribution in [0.25, 0.3) is 0 Å². The van der Waals surface area contributed by atoms with Crippen molar-refractivity contribution in [2.75, 3.05) is 20.2 Å². The van der Waals surface area contributed by atoms with Crippen LogP contribution in [0.2, 0.25) is 0 Å². The second kappa shape index (κ2) is 10.0. The lowest BCUT2D eigenvalue weighted by Crippen LogP contribution is -2.41. The summed E-state index contributed by atoms with van der Waals surface area (Å²) in [5.74, 6) is -1.66. The fourth-order valence-corrected chi connectivity index (χ4v) is 3.30. The molecule has 0 fully saturated rings. The third-order valence-electron chi connectivity index (χ3n) is 3.60. The molecule has 1 rings (SSSR count). The van der Waals surface area contributed by atoms with E-state index in [2.05, 4.69) is 5.32 Å². The molecule has 0 aliphatic heterocycles. The summed E-state index contributed by atoms with van der Waals surface area (Å²) in [4.78, 5) is 35.0. The maximum Gasteiger partial charge on any atom is 0.338 e. The van der Waals surface area contributed by atoms with Crippen LogP contribution >= 0.6 is 0 Å². The number of esters is 1. The molecule has 0 saturated carbocycles. The van der Waals surface area contributed by atoms with Crippen molar-refractivity contribution >= 4 is 27.9 Å². The van der Waals surface area contributed by atoms with Crippen molar-refractivity contribution in [3.63, 3.8) is 0 Å². The summed E-state index contributed by atoms with van der Waals surface area (Å²) in [6.07, 6.45) is 0.710. The Morgan fingerprint density at radius 2 is 1.89 bits per heavy atom. The Hall–Kier alpha value is -2.46. The van der Waals surface area contributed by atoms with Crippen LogP contribution in [-0.4, -0.2) is 56.9 Å². The average molecular weight is 399 g/mol. The largest absolute Gasteiger partial charge is 0.452 e. The summed E-state index contributed by atoms with van der Waals surface area (Å²) in [5, 5.41) is 4.46. The molecule has 1 aromatic rings. The fourth-order valence-electron chi connectivity index (χ4n) is 1.89. The van der Waals surface area contributed by atoms with E-state index in [9.17, 15) is 22.8 Å². The highest BCUT2D eigenvalue weighted by Crippen LogP contribution is 2.18. The quantitative estimate of drug-likeness (QED) is 0.632. The van der Waals surface area contributed by atoms with Crippen LogP contribution in [0.4, 0.5) is 4.79 Å². The van der Waals surface area contributed by atoms with E-state index in [0.29, 0.717) is 13.0 Å². The van der Waals surface area contributed by atoms with Crippen LogP contribution < -0.4 is 10.6 Å². The van der Waals surface area contributed by atoms with Gasteiger partial charge in [0.05, 0.1) is 10.5 Å². The first kappa shape index (κ1) is 22.6. The van der Waals surface area contributed by atoms with Gasteiger partial charge in [-0.15, -0.1) is 0 Å². The number of rotatable bonds is 8. The Kier molecular flexibility index (Phi) is 8.38. The van der Waals surface area contributed by atoms with Crippen molar-refractivity contribution in [3.05, 3.63) is 29.8 Å². The van der Waals surface area contributed by atoms with Gasteiger partial charge in [-0.05, 0) is 38.5 Å². The van der Waals surface area contributed by atoms with E-state index in [4.69, 9.17) is 4.74 Å². The number of urea groups is 1. The second-order valence-corrected chi connectivity index (χ2v) is 8.02. The molecule has 150 valence electrons. The zero-order valence-electron chi connectivity index (χ0n) is 15.8. The maximum absolute atomic E-state index is 12.5. The van der Waals surface area contributed by atoms with Crippen LogP contribution in [0.3, 0.4) is 0 Å². The number of carbonyl (C=O) groups is 3. The van der Waals surface area contributed by atoms with Crippen molar-refractivity contribution in [1.29, 1.82) is 0 Å². The Morgan fingerprint density at radius 3 is 2.48 bits per heavy atom. The van der Waals surface area contributed by atoms with Crippen molar-refractivity contribution < 1.29 is 27.5 Å². The highest BCUT2D eigenvalue weighted by Gasteiger charge is 2.24. The number of imide groups is 1. The van der Waals surface area contributed by atoms with Gasteiger partial charge in [-0.1, -0.05) is 13.0 Å². The molecular weight excluding hydrogens is 374 g/mol. The Bertz CT molecular complexity index is 792. The van der Waals surface area contributed by atoms with Gasteiger partial charge in [0.15, 0.2) is 6.61 Å². The van der Waals surface area contributed by atoms with Crippen molar-refractivity contribution in [3.8, 4) is 0 Å². The Balaban J connectivity index is 2.75. The van der Waals surface area contributed by atoms with Gasteiger partial charge in [-0.25, -0.2) is 18.0 Å². The molecule has 10 heteroatoms. The van der Waals surface area contributed by atoms with E-state index in [1.807, 2.05) is 12.2 Å². The molecule has 1 aromatic carbocycles. The summed E-state index contributed by atoms with van der Waals surface area (Å²) < 4.78 is 31.0. The van der Waals surface area contributed by atoms with E-state index >= 15 is 0 Å². The molecule has 0 aromatic heterocycles. The molecule has 0 unspecified atom stereocenters. The number of nitrogens with one attached hydrogen (secondary N) is 2. The van der Waals surface area contributed by atoms with Gasteiger partial charge in [0, 0.05) is 19.6 Å². The van der Waals surface area contributed by atoms with E-state index in [-0.39, 0.29) is 16.5 Å². The predicted octanol–water partition coefficient (Wildman–Crippen LogP) is 1.11. The van der Waals surface area contributed by atoms with Gasteiger partial charge >= 0.3 is 12.0 Å². The van der Waals surface area contributed by atoms with E-state index in [1.54, 1.807) is 13.8 Å². The lowest BCUT2D eigenvalue weighted by molar-refractivity contribution is -0.123. The van der Waals surface area contributed by atoms with Gasteiger partial charge in [0.25, 0.3) is 5.91 Å². The van der Waals surface area contributed by atoms with Crippen molar-refractivity contribution in [1.82, 2.24) is 14.9 Å². The smallest absolute Gasteiger partial charge is 0.338 e. The number of ether oxygens (including phenoxy) is 1. The molecule has 3 amide bonds. The van der Waals surface area contributed by atoms with Crippen LogP contribution in [0.15, 0.2) is 29.2 Å². The first-order valence-electron chi connectivity index (χ1n) is 8.42. The zero-order chi connectivity index (χ0) is 20.6. The number of benzene rings is 1. The number of nitrogens with zero attached hydrogens (tertiary/aromatic N) is 1. The highest BCUT2D eigenvalue weighted by molar-refractivity contribution is 7.89. The molecule has 27 heavy (non-hydrogen) atoms. The summed E-state index contributed by atoms with van der Waals surface area (Å²) in [7, 11) is -2.31. The summed E-state index contributed by atoms with van der Waals surface area (Å²) >= 11 is 0. The molecule has 0 saturated heterocycles. The van der Waals surface area contributed by atoms with Crippen LogP contribution in [-0.2, 0) is 19.6 Å². The minimum atomic E-state index is -3.76. The molecule has 0 heterocycles. The van der Waals surface area contributed by atoms with Gasteiger partial charge in [0.1, 0.15) is 0 Å². The summed E-state index contributed by atoms with van der Waals surface area (Å²) in [6, 6.07) is 4.41. The lowest BCUT2D eigenvalue weighted by atomic mass is 10.2. The molecule has 9 nitrogen and oxygen atoms in total. The first-order valence-corrected chi connectivity index (χ1v) is 9.86. The molecule has 0 bridgehead atoms. The van der Waals surface area contributed by atoms with E-state index < -0.39 is 34.5 Å². The number of carbonyl (C=O) groups excluding carboxylic acids is 3. The predicted molar refractivity (Wildman–Crippen MR) is 98.6 cm³/mol. The fraction of sp³-hybridized carbons (Fsp3) is 0.471. The Morgan fingerprint density at radius 1 is 1.22 bits per heavy atom. The second-order valence-electron chi connectivity index (χ2n) is 6.02. The third-order valence-corrected chi connectivity index (χ3v) is 5.63.